The zero-order valence-corrected chi connectivity index (χ0v) is 10.5. The molecule has 2 bridgehead atoms. The minimum absolute atomic E-state index is 0.563. The summed E-state index contributed by atoms with van der Waals surface area (Å²) in [6, 6.07) is 7.74. The van der Waals surface area contributed by atoms with Gasteiger partial charge in [-0.1, -0.05) is 12.5 Å². The molecule has 0 aromatic heterocycles. The Morgan fingerprint density at radius 3 is 2.89 bits per heavy atom. The van der Waals surface area contributed by atoms with Gasteiger partial charge >= 0.3 is 0 Å². The van der Waals surface area contributed by atoms with Crippen LogP contribution in [-0.2, 0) is 0 Å². The first kappa shape index (κ1) is 11.4. The lowest BCUT2D eigenvalue weighted by Gasteiger charge is -2.22. The Balaban J connectivity index is 1.65. The molecule has 18 heavy (non-hydrogen) atoms. The molecular formula is C15H19N3. The number of anilines is 2. The van der Waals surface area contributed by atoms with Crippen molar-refractivity contribution in [2.45, 2.75) is 25.7 Å². The van der Waals surface area contributed by atoms with E-state index >= 15 is 0 Å². The van der Waals surface area contributed by atoms with Crippen molar-refractivity contribution in [3.8, 4) is 6.07 Å². The number of rotatable bonds is 3. The lowest BCUT2D eigenvalue weighted by atomic mass is 9.89. The van der Waals surface area contributed by atoms with Crippen LogP contribution < -0.4 is 11.1 Å². The van der Waals surface area contributed by atoms with Crippen molar-refractivity contribution in [1.82, 2.24) is 0 Å². The molecule has 1 aromatic carbocycles. The lowest BCUT2D eigenvalue weighted by Crippen LogP contribution is -2.20. The zero-order valence-electron chi connectivity index (χ0n) is 10.5. The largest absolute Gasteiger partial charge is 0.396 e. The molecule has 1 aromatic rings. The molecule has 3 heteroatoms. The Morgan fingerprint density at radius 1 is 1.33 bits per heavy atom. The fraction of sp³-hybridized carbons (Fsp3) is 0.533. The van der Waals surface area contributed by atoms with Crippen LogP contribution in [0, 0.1) is 29.1 Å². The van der Waals surface area contributed by atoms with E-state index in [-0.39, 0.29) is 0 Å². The highest BCUT2D eigenvalue weighted by atomic mass is 14.9. The maximum atomic E-state index is 8.95. The van der Waals surface area contributed by atoms with E-state index in [0.29, 0.717) is 11.3 Å². The highest BCUT2D eigenvalue weighted by Crippen LogP contribution is 2.48. The van der Waals surface area contributed by atoms with Crippen molar-refractivity contribution in [3.05, 3.63) is 23.8 Å². The summed E-state index contributed by atoms with van der Waals surface area (Å²) in [4.78, 5) is 0. The van der Waals surface area contributed by atoms with Crippen LogP contribution in [0.25, 0.3) is 0 Å². The van der Waals surface area contributed by atoms with Gasteiger partial charge < -0.3 is 11.1 Å². The molecule has 3 rings (SSSR count). The number of benzene rings is 1. The highest BCUT2D eigenvalue weighted by Gasteiger charge is 2.39. The molecule has 3 unspecified atom stereocenters. The van der Waals surface area contributed by atoms with Crippen LogP contribution >= 0.6 is 0 Å². The molecule has 3 atom stereocenters. The molecule has 2 saturated carbocycles. The molecule has 3 nitrogen and oxygen atoms in total. The van der Waals surface area contributed by atoms with Crippen molar-refractivity contribution in [2.75, 3.05) is 17.6 Å². The van der Waals surface area contributed by atoms with Crippen molar-refractivity contribution < 1.29 is 0 Å². The number of nitrogen functional groups attached to an aromatic ring is 1. The predicted octanol–water partition coefficient (Wildman–Crippen LogP) is 2.99. The molecule has 0 amide bonds. The standard InChI is InChI=1S/C15H19N3/c16-8-12-2-1-3-14(15(12)17)18-9-13-7-10-4-5-11(13)6-10/h1-3,10-11,13,18H,4-7,9,17H2. The lowest BCUT2D eigenvalue weighted by molar-refractivity contribution is 0.348. The van der Waals surface area contributed by atoms with Gasteiger partial charge in [-0.2, -0.15) is 5.26 Å². The molecule has 3 N–H and O–H groups in total. The Kier molecular flexibility index (Phi) is 2.87. The summed E-state index contributed by atoms with van der Waals surface area (Å²) in [6.45, 7) is 1.00. The summed E-state index contributed by atoms with van der Waals surface area (Å²) in [5.41, 5.74) is 8.03. The summed E-state index contributed by atoms with van der Waals surface area (Å²) in [5.74, 6) is 2.70. The van der Waals surface area contributed by atoms with Crippen molar-refractivity contribution >= 4 is 11.4 Å². The minimum atomic E-state index is 0.563. The van der Waals surface area contributed by atoms with E-state index in [0.717, 1.165) is 30.0 Å². The second kappa shape index (κ2) is 4.53. The SMILES string of the molecule is N#Cc1cccc(NCC2CC3CCC2C3)c1N. The summed E-state index contributed by atoms with van der Waals surface area (Å²) >= 11 is 0. The third-order valence-electron chi connectivity index (χ3n) is 4.67. The second-order valence-electron chi connectivity index (χ2n) is 5.69. The van der Waals surface area contributed by atoms with Crippen LogP contribution in [0.5, 0.6) is 0 Å². The van der Waals surface area contributed by atoms with Gasteiger partial charge in [-0.25, -0.2) is 0 Å². The number of para-hydroxylation sites is 1. The number of fused-ring (bicyclic) bond motifs is 2. The molecule has 0 aliphatic heterocycles. The minimum Gasteiger partial charge on any atom is -0.396 e. The van der Waals surface area contributed by atoms with Gasteiger partial charge in [0.2, 0.25) is 0 Å². The quantitative estimate of drug-likeness (QED) is 0.800. The third-order valence-corrected chi connectivity index (χ3v) is 4.67. The molecule has 94 valence electrons. The maximum absolute atomic E-state index is 8.95. The first-order valence-corrected chi connectivity index (χ1v) is 6.80. The maximum Gasteiger partial charge on any atom is 0.101 e. The van der Waals surface area contributed by atoms with E-state index in [1.165, 1.54) is 25.7 Å². The Labute approximate surface area is 108 Å². The topological polar surface area (TPSA) is 61.8 Å². The number of hydrogen-bond donors (Lipinski definition) is 2. The van der Waals surface area contributed by atoms with Crippen molar-refractivity contribution in [1.29, 1.82) is 5.26 Å². The van der Waals surface area contributed by atoms with Crippen molar-refractivity contribution in [3.63, 3.8) is 0 Å². The summed E-state index contributed by atoms with van der Waals surface area (Å²) in [6.07, 6.45) is 5.65. The predicted molar refractivity (Wildman–Crippen MR) is 73.0 cm³/mol. The van der Waals surface area contributed by atoms with Crippen molar-refractivity contribution in [2.24, 2.45) is 17.8 Å². The van der Waals surface area contributed by atoms with Gasteiger partial charge in [0.15, 0.2) is 0 Å². The van der Waals surface area contributed by atoms with Gasteiger partial charge in [-0.3, -0.25) is 0 Å². The number of nitrogens with zero attached hydrogens (tertiary/aromatic N) is 1. The number of nitrogens with one attached hydrogen (secondary N) is 1. The number of hydrogen-bond acceptors (Lipinski definition) is 3. The molecule has 0 saturated heterocycles. The van der Waals surface area contributed by atoms with Crippen LogP contribution in [0.3, 0.4) is 0 Å². The number of nitrogens with two attached hydrogens (primary N) is 1. The first-order valence-electron chi connectivity index (χ1n) is 6.80. The van der Waals surface area contributed by atoms with Gasteiger partial charge in [0, 0.05) is 6.54 Å². The third kappa shape index (κ3) is 1.92. The average molecular weight is 241 g/mol. The normalized spacial score (nSPS) is 29.2. The van der Waals surface area contributed by atoms with E-state index in [1.54, 1.807) is 6.07 Å². The van der Waals surface area contributed by atoms with Gasteiger partial charge in [-0.05, 0) is 49.1 Å². The first-order chi connectivity index (χ1) is 8.78. The van der Waals surface area contributed by atoms with E-state index in [9.17, 15) is 0 Å². The van der Waals surface area contributed by atoms with E-state index in [1.807, 2.05) is 12.1 Å². The summed E-state index contributed by atoms with van der Waals surface area (Å²) < 4.78 is 0. The fourth-order valence-corrected chi connectivity index (χ4v) is 3.68. The molecule has 2 aliphatic carbocycles. The average Bonchev–Trinajstić information content (AvgIpc) is 3.00. The monoisotopic (exact) mass is 241 g/mol. The summed E-state index contributed by atoms with van der Waals surface area (Å²) in [5, 5.41) is 12.4. The smallest absolute Gasteiger partial charge is 0.101 e. The summed E-state index contributed by atoms with van der Waals surface area (Å²) in [7, 11) is 0. The van der Waals surface area contributed by atoms with Gasteiger partial charge in [-0.15, -0.1) is 0 Å². The fourth-order valence-electron chi connectivity index (χ4n) is 3.68. The van der Waals surface area contributed by atoms with Gasteiger partial charge in [0.25, 0.3) is 0 Å². The van der Waals surface area contributed by atoms with Crippen LogP contribution in [0.15, 0.2) is 18.2 Å². The van der Waals surface area contributed by atoms with Crippen LogP contribution in [0.2, 0.25) is 0 Å². The van der Waals surface area contributed by atoms with Gasteiger partial charge in [0.1, 0.15) is 6.07 Å². The zero-order chi connectivity index (χ0) is 12.5. The van der Waals surface area contributed by atoms with Crippen LogP contribution in [0.1, 0.15) is 31.2 Å². The number of nitriles is 1. The van der Waals surface area contributed by atoms with Crippen LogP contribution in [0.4, 0.5) is 11.4 Å². The Morgan fingerprint density at radius 2 is 2.22 bits per heavy atom. The molecule has 0 heterocycles. The van der Waals surface area contributed by atoms with E-state index in [4.69, 9.17) is 11.0 Å². The molecule has 0 radical (unpaired) electrons. The highest BCUT2D eigenvalue weighted by molar-refractivity contribution is 5.72. The molecule has 0 spiro atoms. The Hall–Kier alpha value is -1.69. The Bertz CT molecular complexity index is 489. The van der Waals surface area contributed by atoms with E-state index in [2.05, 4.69) is 11.4 Å². The van der Waals surface area contributed by atoms with Crippen LogP contribution in [-0.4, -0.2) is 6.54 Å². The van der Waals surface area contributed by atoms with E-state index < -0.39 is 0 Å². The molecule has 2 aliphatic rings. The molecular weight excluding hydrogens is 222 g/mol. The van der Waals surface area contributed by atoms with Gasteiger partial charge in [0.05, 0.1) is 16.9 Å². The molecule has 2 fully saturated rings. The second-order valence-corrected chi connectivity index (χ2v) is 5.69.